The van der Waals surface area contributed by atoms with E-state index in [2.05, 4.69) is 31.5 Å². The van der Waals surface area contributed by atoms with Crippen molar-refractivity contribution >= 4 is 28.6 Å². The Morgan fingerprint density at radius 2 is 2.00 bits per heavy atom. The largest absolute Gasteiger partial charge is 0.439 e. The third-order valence-electron chi connectivity index (χ3n) is 8.68. The Kier molecular flexibility index (Phi) is 6.58. The van der Waals surface area contributed by atoms with Gasteiger partial charge in [-0.1, -0.05) is 36.5 Å². The van der Waals surface area contributed by atoms with Gasteiger partial charge >= 0.3 is 5.76 Å². The average Bonchev–Trinajstić information content (AvgIpc) is 3.65. The maximum Gasteiger partial charge on any atom is 0.439 e. The SMILES string of the molecule is CC1CCC(Cn2c(N3CCO[C@@H]4CC(F)C[C@H]43)nc3cc(-c4noc(=O)[nH]4)nc(-c4cncc(Cl)c4)c32)CC1. The van der Waals surface area contributed by atoms with Crippen LogP contribution < -0.4 is 10.7 Å². The number of alkyl halides is 1. The number of H-pyrrole nitrogens is 1. The lowest BCUT2D eigenvalue weighted by molar-refractivity contribution is 0.0225. The first kappa shape index (κ1) is 25.6. The lowest BCUT2D eigenvalue weighted by atomic mass is 9.83. The first-order chi connectivity index (χ1) is 19.4. The predicted molar refractivity (Wildman–Crippen MR) is 148 cm³/mol. The molecular weight excluding hydrogens is 537 g/mol. The van der Waals surface area contributed by atoms with Crippen molar-refractivity contribution in [2.75, 3.05) is 18.1 Å². The molecule has 7 rings (SSSR count). The number of pyridine rings is 2. The quantitative estimate of drug-likeness (QED) is 0.357. The fourth-order valence-electron chi connectivity index (χ4n) is 6.65. The fraction of sp³-hybridized carbons (Fsp3) is 0.536. The summed E-state index contributed by atoms with van der Waals surface area (Å²) >= 11 is 6.37. The van der Waals surface area contributed by atoms with E-state index in [1.54, 1.807) is 12.4 Å². The highest BCUT2D eigenvalue weighted by molar-refractivity contribution is 6.30. The molecule has 1 saturated heterocycles. The Morgan fingerprint density at radius 3 is 2.77 bits per heavy atom. The molecule has 3 aliphatic rings. The number of imidazole rings is 1. The Bertz CT molecular complexity index is 1590. The van der Waals surface area contributed by atoms with E-state index in [1.165, 1.54) is 12.8 Å². The molecule has 1 unspecified atom stereocenters. The van der Waals surface area contributed by atoms with Gasteiger partial charge in [-0.05, 0) is 36.8 Å². The molecule has 0 amide bonds. The number of hydrogen-bond donors (Lipinski definition) is 1. The molecule has 40 heavy (non-hydrogen) atoms. The van der Waals surface area contributed by atoms with Crippen LogP contribution in [0.5, 0.6) is 0 Å². The minimum atomic E-state index is -0.890. The zero-order chi connectivity index (χ0) is 27.4. The minimum Gasteiger partial charge on any atom is -0.374 e. The van der Waals surface area contributed by atoms with Gasteiger partial charge in [-0.2, -0.15) is 0 Å². The lowest BCUT2D eigenvalue weighted by Gasteiger charge is -2.38. The van der Waals surface area contributed by atoms with E-state index >= 15 is 0 Å². The number of ether oxygens (including phenoxy) is 1. The van der Waals surface area contributed by atoms with Crippen molar-refractivity contribution in [2.24, 2.45) is 11.8 Å². The summed E-state index contributed by atoms with van der Waals surface area (Å²) in [5.41, 5.74) is 3.32. The summed E-state index contributed by atoms with van der Waals surface area (Å²) in [6.07, 6.45) is 7.76. The second-order valence-corrected chi connectivity index (χ2v) is 11.9. The van der Waals surface area contributed by atoms with E-state index in [4.69, 9.17) is 30.8 Å². The number of aromatic nitrogens is 6. The van der Waals surface area contributed by atoms with Gasteiger partial charge in [-0.3, -0.25) is 14.5 Å². The molecule has 4 aromatic heterocycles. The number of morpholine rings is 1. The third-order valence-corrected chi connectivity index (χ3v) is 8.88. The molecule has 4 aromatic rings. The van der Waals surface area contributed by atoms with Gasteiger partial charge in [0.05, 0.1) is 40.5 Å². The number of nitrogens with one attached hydrogen (secondary N) is 1. The second-order valence-electron chi connectivity index (χ2n) is 11.4. The molecule has 1 aliphatic heterocycles. The van der Waals surface area contributed by atoms with Crippen LogP contribution in [0.1, 0.15) is 45.4 Å². The van der Waals surface area contributed by atoms with Gasteiger partial charge in [0.15, 0.2) is 0 Å². The molecule has 12 heteroatoms. The van der Waals surface area contributed by atoms with E-state index in [1.807, 2.05) is 12.1 Å². The molecule has 0 radical (unpaired) electrons. The standard InChI is InChI=1S/C28H31ClFN7O3/c1-15-2-4-16(5-3-15)14-37-25-20(33-27(37)36-6-7-39-23-10-19(30)9-22(23)36)11-21(26-34-28(38)40-35-26)32-24(25)17-8-18(29)13-31-12-17/h8,11-13,15-16,19,22-23H,2-7,9-10,14H2,1H3,(H,34,35,38)/t15?,16?,19?,22-,23-/m1/s1. The first-order valence-corrected chi connectivity index (χ1v) is 14.4. The van der Waals surface area contributed by atoms with Crippen LogP contribution in [0.2, 0.25) is 5.02 Å². The van der Waals surface area contributed by atoms with Gasteiger partial charge in [0.25, 0.3) is 0 Å². The summed E-state index contributed by atoms with van der Waals surface area (Å²) in [5.74, 6) is 1.56. The molecule has 3 fully saturated rings. The van der Waals surface area contributed by atoms with Gasteiger partial charge in [-0.15, -0.1) is 0 Å². The molecule has 0 spiro atoms. The van der Waals surface area contributed by atoms with Crippen LogP contribution in [0.15, 0.2) is 33.8 Å². The maximum absolute atomic E-state index is 14.6. The molecule has 3 atom stereocenters. The topological polar surface area (TPSA) is 115 Å². The maximum atomic E-state index is 14.6. The van der Waals surface area contributed by atoms with Gasteiger partial charge in [0, 0.05) is 43.9 Å². The fourth-order valence-corrected chi connectivity index (χ4v) is 6.83. The Morgan fingerprint density at radius 1 is 1.15 bits per heavy atom. The van der Waals surface area contributed by atoms with E-state index in [9.17, 15) is 9.18 Å². The van der Waals surface area contributed by atoms with Crippen molar-refractivity contribution < 1.29 is 13.7 Å². The number of hydrogen-bond acceptors (Lipinski definition) is 8. The van der Waals surface area contributed by atoms with Gasteiger partial charge in [0.1, 0.15) is 11.9 Å². The van der Waals surface area contributed by atoms with Gasteiger partial charge in [0.2, 0.25) is 11.8 Å². The minimum absolute atomic E-state index is 0.0821. The summed E-state index contributed by atoms with van der Waals surface area (Å²) in [6, 6.07) is 3.56. The Balaban J connectivity index is 1.44. The highest BCUT2D eigenvalue weighted by atomic mass is 35.5. The molecule has 2 aliphatic carbocycles. The van der Waals surface area contributed by atoms with Crippen LogP contribution in [0.25, 0.3) is 33.8 Å². The van der Waals surface area contributed by atoms with Crippen molar-refractivity contribution in [1.82, 2.24) is 29.7 Å². The molecular formula is C28H31ClFN7O3. The normalized spacial score (nSPS) is 26.9. The van der Waals surface area contributed by atoms with Crippen molar-refractivity contribution in [2.45, 2.75) is 70.3 Å². The third kappa shape index (κ3) is 4.68. The van der Waals surface area contributed by atoms with Crippen LogP contribution >= 0.6 is 11.6 Å². The average molecular weight is 568 g/mol. The predicted octanol–water partition coefficient (Wildman–Crippen LogP) is 5.02. The van der Waals surface area contributed by atoms with Crippen LogP contribution in [-0.4, -0.2) is 61.1 Å². The highest BCUT2D eigenvalue weighted by Crippen LogP contribution is 2.40. The zero-order valence-electron chi connectivity index (χ0n) is 22.2. The van der Waals surface area contributed by atoms with E-state index in [0.717, 1.165) is 42.3 Å². The summed E-state index contributed by atoms with van der Waals surface area (Å²) in [7, 11) is 0. The van der Waals surface area contributed by atoms with Crippen molar-refractivity contribution in [1.29, 1.82) is 0 Å². The molecule has 1 N–H and O–H groups in total. The second kappa shape index (κ2) is 10.3. The molecule has 0 bridgehead atoms. The van der Waals surface area contributed by atoms with E-state index in [0.29, 0.717) is 53.8 Å². The van der Waals surface area contributed by atoms with Crippen molar-refractivity contribution in [3.05, 3.63) is 40.1 Å². The molecule has 10 nitrogen and oxygen atoms in total. The van der Waals surface area contributed by atoms with E-state index in [-0.39, 0.29) is 18.0 Å². The number of anilines is 1. The number of fused-ring (bicyclic) bond motifs is 2. The lowest BCUT2D eigenvalue weighted by Crippen LogP contribution is -2.49. The molecule has 0 aromatic carbocycles. The zero-order valence-corrected chi connectivity index (χ0v) is 23.0. The number of rotatable bonds is 5. The summed E-state index contributed by atoms with van der Waals surface area (Å²) in [6.45, 7) is 4.24. The number of halogens is 2. The summed E-state index contributed by atoms with van der Waals surface area (Å²) < 4.78 is 27.6. The van der Waals surface area contributed by atoms with Crippen LogP contribution in [-0.2, 0) is 11.3 Å². The smallest absolute Gasteiger partial charge is 0.374 e. The van der Waals surface area contributed by atoms with Crippen molar-refractivity contribution in [3.8, 4) is 22.8 Å². The van der Waals surface area contributed by atoms with Gasteiger partial charge < -0.3 is 14.2 Å². The Hall–Kier alpha value is -3.31. The highest BCUT2D eigenvalue weighted by Gasteiger charge is 2.43. The van der Waals surface area contributed by atoms with Crippen LogP contribution in [0.4, 0.5) is 10.3 Å². The monoisotopic (exact) mass is 567 g/mol. The molecule has 2 saturated carbocycles. The molecule has 5 heterocycles. The van der Waals surface area contributed by atoms with Crippen LogP contribution in [0.3, 0.4) is 0 Å². The van der Waals surface area contributed by atoms with Crippen LogP contribution in [0, 0.1) is 11.8 Å². The number of aromatic amines is 1. The van der Waals surface area contributed by atoms with Crippen molar-refractivity contribution in [3.63, 3.8) is 0 Å². The number of nitrogens with zero attached hydrogens (tertiary/aromatic N) is 6. The molecule has 210 valence electrons. The Labute approximate surface area is 234 Å². The first-order valence-electron chi connectivity index (χ1n) is 14.0. The van der Waals surface area contributed by atoms with E-state index < -0.39 is 11.9 Å². The summed E-state index contributed by atoms with van der Waals surface area (Å²) in [5, 5.41) is 4.35. The van der Waals surface area contributed by atoms with Gasteiger partial charge in [-0.25, -0.2) is 19.2 Å². The summed E-state index contributed by atoms with van der Waals surface area (Å²) in [4.78, 5) is 31.0.